The smallest absolute Gasteiger partial charge is 0.315 e. The zero-order valence-electron chi connectivity index (χ0n) is 22.9. The van der Waals surface area contributed by atoms with Crippen molar-refractivity contribution in [3.8, 4) is 0 Å². The van der Waals surface area contributed by atoms with E-state index in [2.05, 4.69) is 33.8 Å². The fraction of sp³-hybridized carbons (Fsp3) is 0.867. The average molecular weight is 517 g/mol. The van der Waals surface area contributed by atoms with Crippen molar-refractivity contribution in [3.63, 3.8) is 0 Å². The topological polar surface area (TPSA) is 102 Å². The van der Waals surface area contributed by atoms with Gasteiger partial charge in [-0.3, -0.25) is 4.79 Å². The fourth-order valence-electron chi connectivity index (χ4n) is 10.6. The molecule has 2 saturated heterocycles. The molecule has 3 saturated carbocycles. The number of aliphatic hydroxyl groups is 1. The van der Waals surface area contributed by atoms with Crippen LogP contribution < -0.4 is 0 Å². The number of aliphatic carboxylic acids is 1. The Hall–Kier alpha value is -1.28. The largest absolute Gasteiger partial charge is 0.481 e. The Balaban J connectivity index is 1.39. The second-order valence-corrected chi connectivity index (χ2v) is 13.5. The lowest BCUT2D eigenvalue weighted by atomic mass is 9.43. The SMILES string of the molecule is CC[C@H]1CO[C@H]2[C@@H]1[C@H](O)[C@H](OCC13C[C@@H]4[C@H](C)CC[C@H]4[C@@]4(C=O)C[C@@H]1C=C(C(C)C)C34C(=O)O)O[C@@H]2C. The van der Waals surface area contributed by atoms with Crippen LogP contribution in [0.3, 0.4) is 0 Å². The number of aliphatic hydroxyl groups excluding tert-OH is 1. The van der Waals surface area contributed by atoms with Gasteiger partial charge in [0.1, 0.15) is 17.8 Å². The highest BCUT2D eigenvalue weighted by Crippen LogP contribution is 2.82. The monoisotopic (exact) mass is 516 g/mol. The molecule has 2 heterocycles. The summed E-state index contributed by atoms with van der Waals surface area (Å²) in [5.74, 6) is 0.142. The van der Waals surface area contributed by atoms with Crippen molar-refractivity contribution >= 4 is 12.3 Å². The maximum absolute atomic E-state index is 13.6. The Morgan fingerprint density at radius 2 is 2.03 bits per heavy atom. The number of allylic oxidation sites excluding steroid dienone is 1. The Kier molecular flexibility index (Phi) is 6.04. The van der Waals surface area contributed by atoms with Crippen LogP contribution in [0.4, 0.5) is 0 Å². The van der Waals surface area contributed by atoms with Gasteiger partial charge in [-0.2, -0.15) is 0 Å². The van der Waals surface area contributed by atoms with Gasteiger partial charge in [0.25, 0.3) is 0 Å². The summed E-state index contributed by atoms with van der Waals surface area (Å²) in [6.45, 7) is 11.2. The quantitative estimate of drug-likeness (QED) is 0.388. The molecule has 0 aromatic rings. The molecule has 2 unspecified atom stereocenters. The van der Waals surface area contributed by atoms with Crippen LogP contribution in [0.1, 0.15) is 66.7 Å². The second-order valence-electron chi connectivity index (χ2n) is 13.5. The summed E-state index contributed by atoms with van der Waals surface area (Å²) in [7, 11) is 0. The molecule has 4 aliphatic carbocycles. The third-order valence-corrected chi connectivity index (χ3v) is 12.1. The molecule has 5 fully saturated rings. The third-order valence-electron chi connectivity index (χ3n) is 12.1. The first-order valence-corrected chi connectivity index (χ1v) is 14.6. The van der Waals surface area contributed by atoms with Gasteiger partial charge in [0.15, 0.2) is 6.29 Å². The summed E-state index contributed by atoms with van der Waals surface area (Å²) in [6, 6.07) is 0. The Bertz CT molecular complexity index is 992. The van der Waals surface area contributed by atoms with Crippen LogP contribution in [0.2, 0.25) is 0 Å². The minimum Gasteiger partial charge on any atom is -0.481 e. The molecule has 0 spiro atoms. The molecule has 0 aromatic heterocycles. The molecule has 6 aliphatic rings. The number of carbonyl (C=O) groups excluding carboxylic acids is 1. The van der Waals surface area contributed by atoms with Crippen molar-refractivity contribution in [2.24, 2.45) is 57.7 Å². The van der Waals surface area contributed by atoms with E-state index in [0.717, 1.165) is 37.5 Å². The van der Waals surface area contributed by atoms with Crippen LogP contribution in [0, 0.1) is 57.7 Å². The molecule has 206 valence electrons. The van der Waals surface area contributed by atoms with E-state index in [0.29, 0.717) is 24.9 Å². The third kappa shape index (κ3) is 2.98. The van der Waals surface area contributed by atoms with Crippen molar-refractivity contribution in [2.75, 3.05) is 13.2 Å². The van der Waals surface area contributed by atoms with E-state index >= 15 is 0 Å². The predicted octanol–water partition coefficient (Wildman–Crippen LogP) is 4.07. The van der Waals surface area contributed by atoms with E-state index in [4.69, 9.17) is 14.2 Å². The molecule has 0 radical (unpaired) electrons. The number of carbonyl (C=O) groups is 2. The molecule has 4 bridgehead atoms. The first-order chi connectivity index (χ1) is 17.6. The maximum atomic E-state index is 13.6. The highest BCUT2D eigenvalue weighted by Gasteiger charge is 2.84. The lowest BCUT2D eigenvalue weighted by Gasteiger charge is -2.58. The van der Waals surface area contributed by atoms with Crippen LogP contribution in [0.5, 0.6) is 0 Å². The van der Waals surface area contributed by atoms with E-state index in [1.54, 1.807) is 0 Å². The Morgan fingerprint density at radius 3 is 2.68 bits per heavy atom. The Labute approximate surface area is 220 Å². The number of ether oxygens (including phenoxy) is 3. The molecule has 0 aromatic carbocycles. The van der Waals surface area contributed by atoms with Gasteiger partial charge in [-0.1, -0.05) is 52.2 Å². The van der Waals surface area contributed by atoms with Gasteiger partial charge in [-0.15, -0.1) is 0 Å². The highest BCUT2D eigenvalue weighted by molar-refractivity contribution is 5.90. The van der Waals surface area contributed by atoms with Crippen molar-refractivity contribution in [2.45, 2.75) is 91.3 Å². The lowest BCUT2D eigenvalue weighted by Crippen LogP contribution is -2.64. The highest BCUT2D eigenvalue weighted by atomic mass is 16.7. The van der Waals surface area contributed by atoms with Gasteiger partial charge < -0.3 is 29.2 Å². The zero-order chi connectivity index (χ0) is 26.5. The summed E-state index contributed by atoms with van der Waals surface area (Å²) >= 11 is 0. The fourth-order valence-corrected chi connectivity index (χ4v) is 10.6. The first kappa shape index (κ1) is 26.0. The van der Waals surface area contributed by atoms with Gasteiger partial charge in [0, 0.05) is 11.3 Å². The van der Waals surface area contributed by atoms with Crippen LogP contribution in [0.25, 0.3) is 0 Å². The summed E-state index contributed by atoms with van der Waals surface area (Å²) in [5, 5.41) is 22.5. The minimum atomic E-state index is -1.28. The molecule has 7 nitrogen and oxygen atoms in total. The van der Waals surface area contributed by atoms with E-state index in [-0.39, 0.29) is 48.4 Å². The van der Waals surface area contributed by atoms with Crippen molar-refractivity contribution < 1.29 is 34.0 Å². The number of aldehydes is 1. The van der Waals surface area contributed by atoms with Gasteiger partial charge in [0.2, 0.25) is 0 Å². The molecule has 6 rings (SSSR count). The first-order valence-electron chi connectivity index (χ1n) is 14.6. The van der Waals surface area contributed by atoms with Crippen molar-refractivity contribution in [3.05, 3.63) is 11.6 Å². The number of hydrogen-bond donors (Lipinski definition) is 2. The molecule has 37 heavy (non-hydrogen) atoms. The number of rotatable bonds is 7. The zero-order valence-corrected chi connectivity index (χ0v) is 22.9. The lowest BCUT2D eigenvalue weighted by molar-refractivity contribution is -0.289. The maximum Gasteiger partial charge on any atom is 0.315 e. The van der Waals surface area contributed by atoms with Crippen LogP contribution in [0.15, 0.2) is 11.6 Å². The minimum absolute atomic E-state index is 0.0220. The van der Waals surface area contributed by atoms with Crippen molar-refractivity contribution in [1.29, 1.82) is 0 Å². The number of carboxylic acid groups (broad SMARTS) is 1. The normalized spacial score (nSPS) is 53.8. The van der Waals surface area contributed by atoms with Gasteiger partial charge >= 0.3 is 5.97 Å². The van der Waals surface area contributed by atoms with Crippen LogP contribution >= 0.6 is 0 Å². The number of hydrogen-bond acceptors (Lipinski definition) is 6. The van der Waals surface area contributed by atoms with E-state index < -0.39 is 34.6 Å². The average Bonchev–Trinajstić information content (AvgIpc) is 3.58. The summed E-state index contributed by atoms with van der Waals surface area (Å²) < 4.78 is 18.7. The number of carboxylic acids is 1. The molecular weight excluding hydrogens is 472 g/mol. The molecule has 2 N–H and O–H groups in total. The van der Waals surface area contributed by atoms with Crippen LogP contribution in [-0.2, 0) is 23.8 Å². The molecular formula is C30H44O7. The molecule has 7 heteroatoms. The summed E-state index contributed by atoms with van der Waals surface area (Å²) in [4.78, 5) is 26.8. The standard InChI is InChI=1S/C30H44O7/c1-6-18-12-35-25-17(5)37-26(24(32)23(18)25)36-14-29-11-20-16(4)7-8-21(20)28(13-31)10-19(29)9-22(15(2)3)30(28,29)27(33)34/h9,13,15-21,23-26,32H,6-8,10-12,14H2,1-5H3,(H,33,34)/t16-,17-,18+,19+,20-,21-,23+,24+,25-,26-,28+,29?,30?/m1/s1. The van der Waals surface area contributed by atoms with Gasteiger partial charge in [-0.05, 0) is 61.7 Å². The number of fused-ring (bicyclic) bond motifs is 3. The second kappa shape index (κ2) is 8.61. The molecule has 2 aliphatic heterocycles. The van der Waals surface area contributed by atoms with Gasteiger partial charge in [-0.25, -0.2) is 0 Å². The van der Waals surface area contributed by atoms with E-state index in [1.807, 2.05) is 6.92 Å². The molecule has 13 atom stereocenters. The summed E-state index contributed by atoms with van der Waals surface area (Å²) in [6.07, 6.45) is 5.37. The van der Waals surface area contributed by atoms with Gasteiger partial charge in [0.05, 0.1) is 30.8 Å². The Morgan fingerprint density at radius 1 is 1.27 bits per heavy atom. The predicted molar refractivity (Wildman–Crippen MR) is 135 cm³/mol. The molecule has 0 amide bonds. The van der Waals surface area contributed by atoms with Crippen LogP contribution in [-0.4, -0.2) is 60.3 Å². The summed E-state index contributed by atoms with van der Waals surface area (Å²) in [5.41, 5.74) is -2.01. The van der Waals surface area contributed by atoms with E-state index in [1.165, 1.54) is 0 Å². The van der Waals surface area contributed by atoms with E-state index in [9.17, 15) is 19.8 Å². The van der Waals surface area contributed by atoms with Crippen molar-refractivity contribution in [1.82, 2.24) is 0 Å².